The van der Waals surface area contributed by atoms with Crippen LogP contribution in [0.2, 0.25) is 0 Å². The summed E-state index contributed by atoms with van der Waals surface area (Å²) < 4.78 is 26.6. The molecule has 25 heavy (non-hydrogen) atoms. The fraction of sp³-hybridized carbons (Fsp3) is 0.222. The van der Waals surface area contributed by atoms with Gasteiger partial charge in [-0.3, -0.25) is 4.79 Å². The number of nitrogens with one attached hydrogen (secondary N) is 3. The summed E-state index contributed by atoms with van der Waals surface area (Å²) in [5.74, 6) is -2.46. The summed E-state index contributed by atoms with van der Waals surface area (Å²) in [6.07, 6.45) is 0. The Morgan fingerprint density at radius 2 is 1.64 bits per heavy atom. The zero-order chi connectivity index (χ0) is 18.4. The Labute approximate surface area is 144 Å². The summed E-state index contributed by atoms with van der Waals surface area (Å²) in [4.78, 5) is 24.4. The van der Waals surface area contributed by atoms with Crippen LogP contribution in [-0.2, 0) is 4.79 Å². The van der Waals surface area contributed by atoms with Crippen molar-refractivity contribution in [2.45, 2.75) is 19.9 Å². The van der Waals surface area contributed by atoms with Gasteiger partial charge < -0.3 is 16.0 Å². The average molecular weight is 347 g/mol. The Hall–Kier alpha value is -2.96. The highest BCUT2D eigenvalue weighted by Gasteiger charge is 2.25. The lowest BCUT2D eigenvalue weighted by Gasteiger charge is -2.22. The molecule has 3 N–H and O–H groups in total. The van der Waals surface area contributed by atoms with Crippen molar-refractivity contribution in [3.8, 4) is 0 Å². The number of amides is 3. The molecule has 0 radical (unpaired) electrons. The Kier molecular flexibility index (Phi) is 6.05. The molecule has 5 nitrogen and oxygen atoms in total. The first-order chi connectivity index (χ1) is 11.9. The molecule has 0 spiro atoms. The third-order valence-corrected chi connectivity index (χ3v) is 3.46. The van der Waals surface area contributed by atoms with Crippen LogP contribution in [0, 0.1) is 17.6 Å². The van der Waals surface area contributed by atoms with E-state index >= 15 is 0 Å². The maximum Gasteiger partial charge on any atom is 0.319 e. The van der Waals surface area contributed by atoms with Crippen molar-refractivity contribution in [1.82, 2.24) is 5.32 Å². The van der Waals surface area contributed by atoms with E-state index in [9.17, 15) is 18.4 Å². The molecule has 3 amide bonds. The van der Waals surface area contributed by atoms with Gasteiger partial charge in [-0.15, -0.1) is 0 Å². The smallest absolute Gasteiger partial charge is 0.319 e. The minimum absolute atomic E-state index is 0.151. The van der Waals surface area contributed by atoms with Gasteiger partial charge in [0.25, 0.3) is 0 Å². The number of anilines is 2. The molecule has 0 aliphatic carbocycles. The van der Waals surface area contributed by atoms with E-state index in [1.54, 1.807) is 38.1 Å². The average Bonchev–Trinajstić information content (AvgIpc) is 2.55. The molecule has 0 aromatic heterocycles. The van der Waals surface area contributed by atoms with Crippen molar-refractivity contribution in [1.29, 1.82) is 0 Å². The number of benzene rings is 2. The van der Waals surface area contributed by atoms with Gasteiger partial charge in [-0.05, 0) is 30.2 Å². The highest BCUT2D eigenvalue weighted by Crippen LogP contribution is 2.16. The first kappa shape index (κ1) is 18.4. The molecule has 0 saturated heterocycles. The van der Waals surface area contributed by atoms with Gasteiger partial charge in [0.2, 0.25) is 5.91 Å². The maximum atomic E-state index is 13.7. The second-order valence-corrected chi connectivity index (χ2v) is 5.80. The van der Waals surface area contributed by atoms with Crippen LogP contribution in [0.15, 0.2) is 48.5 Å². The minimum Gasteiger partial charge on any atom is -0.326 e. The maximum absolute atomic E-state index is 13.7. The summed E-state index contributed by atoms with van der Waals surface area (Å²) in [5.41, 5.74) is 0.426. The Balaban J connectivity index is 2.03. The molecular weight excluding hydrogens is 328 g/mol. The van der Waals surface area contributed by atoms with Crippen LogP contribution in [0.3, 0.4) is 0 Å². The van der Waals surface area contributed by atoms with Gasteiger partial charge in [-0.1, -0.05) is 32.0 Å². The third-order valence-electron chi connectivity index (χ3n) is 3.46. The molecule has 7 heteroatoms. The Morgan fingerprint density at radius 1 is 0.960 bits per heavy atom. The monoisotopic (exact) mass is 347 g/mol. The number of hydrogen-bond acceptors (Lipinski definition) is 2. The highest BCUT2D eigenvalue weighted by molar-refractivity contribution is 5.99. The molecule has 2 rings (SSSR count). The van der Waals surface area contributed by atoms with E-state index in [1.807, 2.05) is 6.07 Å². The van der Waals surface area contributed by atoms with Crippen LogP contribution in [0.1, 0.15) is 13.8 Å². The lowest BCUT2D eigenvalue weighted by atomic mass is 10.0. The Bertz CT molecular complexity index is 751. The van der Waals surface area contributed by atoms with Crippen LogP contribution in [0.4, 0.5) is 25.0 Å². The van der Waals surface area contributed by atoms with Gasteiger partial charge in [0, 0.05) is 11.8 Å². The molecule has 2 aromatic rings. The molecule has 0 bridgehead atoms. The summed E-state index contributed by atoms with van der Waals surface area (Å²) in [5, 5.41) is 7.53. The number of rotatable bonds is 5. The van der Waals surface area contributed by atoms with Crippen molar-refractivity contribution in [3.63, 3.8) is 0 Å². The number of halogens is 2. The predicted molar refractivity (Wildman–Crippen MR) is 92.2 cm³/mol. The zero-order valence-electron chi connectivity index (χ0n) is 13.8. The van der Waals surface area contributed by atoms with Crippen LogP contribution in [-0.4, -0.2) is 18.0 Å². The van der Waals surface area contributed by atoms with E-state index in [0.29, 0.717) is 11.8 Å². The van der Waals surface area contributed by atoms with E-state index < -0.39 is 29.6 Å². The van der Waals surface area contributed by atoms with Gasteiger partial charge in [-0.2, -0.15) is 0 Å². The zero-order valence-corrected chi connectivity index (χ0v) is 13.8. The van der Waals surface area contributed by atoms with Crippen molar-refractivity contribution in [2.75, 3.05) is 10.6 Å². The fourth-order valence-corrected chi connectivity index (χ4v) is 2.17. The predicted octanol–water partition coefficient (Wildman–Crippen LogP) is 3.75. The SMILES string of the molecule is CC(C)[C@H](NC(=O)Nc1ccccc1)C(=O)Nc1ccc(F)cc1F. The first-order valence-electron chi connectivity index (χ1n) is 7.75. The van der Waals surface area contributed by atoms with E-state index in [0.717, 1.165) is 12.1 Å². The largest absolute Gasteiger partial charge is 0.326 e. The lowest BCUT2D eigenvalue weighted by Crippen LogP contribution is -2.48. The molecule has 2 aromatic carbocycles. The van der Waals surface area contributed by atoms with Crippen LogP contribution in [0.5, 0.6) is 0 Å². The minimum atomic E-state index is -0.895. The van der Waals surface area contributed by atoms with Crippen molar-refractivity contribution >= 4 is 23.3 Å². The van der Waals surface area contributed by atoms with Crippen molar-refractivity contribution in [3.05, 3.63) is 60.2 Å². The van der Waals surface area contributed by atoms with Crippen LogP contribution in [0.25, 0.3) is 0 Å². The quantitative estimate of drug-likeness (QED) is 0.771. The normalized spacial score (nSPS) is 11.7. The number of urea groups is 1. The molecule has 1 atom stereocenters. The van der Waals surface area contributed by atoms with Crippen LogP contribution >= 0.6 is 0 Å². The van der Waals surface area contributed by atoms with E-state index in [-0.39, 0.29) is 11.6 Å². The van der Waals surface area contributed by atoms with Crippen molar-refractivity contribution < 1.29 is 18.4 Å². The third kappa shape index (κ3) is 5.27. The van der Waals surface area contributed by atoms with Gasteiger partial charge in [0.1, 0.15) is 17.7 Å². The van der Waals surface area contributed by atoms with Gasteiger partial charge >= 0.3 is 6.03 Å². The molecule has 0 heterocycles. The standard InChI is InChI=1S/C18H19F2N3O2/c1-11(2)16(23-18(25)21-13-6-4-3-5-7-13)17(24)22-15-9-8-12(19)10-14(15)20/h3-11,16H,1-2H3,(H,22,24)(H2,21,23,25)/t16-/m0/s1. The second-order valence-electron chi connectivity index (χ2n) is 5.80. The fourth-order valence-electron chi connectivity index (χ4n) is 2.17. The van der Waals surface area contributed by atoms with Gasteiger partial charge in [0.15, 0.2) is 0 Å². The molecular formula is C18H19F2N3O2. The van der Waals surface area contributed by atoms with Crippen molar-refractivity contribution in [2.24, 2.45) is 5.92 Å². The number of carbonyl (C=O) groups excluding carboxylic acids is 2. The number of hydrogen-bond donors (Lipinski definition) is 3. The second kappa shape index (κ2) is 8.23. The molecule has 0 unspecified atom stereocenters. The number of carbonyl (C=O) groups is 2. The van der Waals surface area contributed by atoms with E-state index in [4.69, 9.17) is 0 Å². The van der Waals surface area contributed by atoms with Gasteiger partial charge in [0.05, 0.1) is 5.69 Å². The van der Waals surface area contributed by atoms with E-state index in [2.05, 4.69) is 16.0 Å². The molecule has 0 aliphatic rings. The summed E-state index contributed by atoms with van der Waals surface area (Å²) in [6, 6.07) is 10.1. The first-order valence-corrected chi connectivity index (χ1v) is 7.75. The Morgan fingerprint density at radius 3 is 2.24 bits per heavy atom. The molecule has 132 valence electrons. The molecule has 0 fully saturated rings. The van der Waals surface area contributed by atoms with Crippen LogP contribution < -0.4 is 16.0 Å². The van der Waals surface area contributed by atoms with Gasteiger partial charge in [-0.25, -0.2) is 13.6 Å². The summed E-state index contributed by atoms with van der Waals surface area (Å²) >= 11 is 0. The lowest BCUT2D eigenvalue weighted by molar-refractivity contribution is -0.118. The highest BCUT2D eigenvalue weighted by atomic mass is 19.1. The summed E-state index contributed by atoms with van der Waals surface area (Å²) in [7, 11) is 0. The number of para-hydroxylation sites is 1. The molecule has 0 saturated carbocycles. The topological polar surface area (TPSA) is 70.2 Å². The molecule has 0 aliphatic heterocycles. The summed E-state index contributed by atoms with van der Waals surface area (Å²) in [6.45, 7) is 3.49. The van der Waals surface area contributed by atoms with E-state index in [1.165, 1.54) is 0 Å².